The topological polar surface area (TPSA) is 53.6 Å². The molecule has 3 fully saturated rings. The number of rotatable bonds is 4. The van der Waals surface area contributed by atoms with Crippen molar-refractivity contribution >= 4 is 18.3 Å². The van der Waals surface area contributed by atoms with Gasteiger partial charge in [-0.1, -0.05) is 0 Å². The van der Waals surface area contributed by atoms with Crippen LogP contribution >= 0.6 is 12.4 Å². The Kier molecular flexibility index (Phi) is 6.08. The van der Waals surface area contributed by atoms with Crippen molar-refractivity contribution in [2.45, 2.75) is 50.3 Å². The third kappa shape index (κ3) is 4.32. The van der Waals surface area contributed by atoms with Gasteiger partial charge >= 0.3 is 0 Å². The quantitative estimate of drug-likeness (QED) is 0.795. The van der Waals surface area contributed by atoms with Gasteiger partial charge in [-0.15, -0.1) is 12.4 Å². The molecule has 3 rings (SSSR count). The number of hydrogen-bond donors (Lipinski definition) is 2. The van der Waals surface area contributed by atoms with Gasteiger partial charge in [0.2, 0.25) is 5.91 Å². The van der Waals surface area contributed by atoms with Gasteiger partial charge in [0.15, 0.2) is 0 Å². The molecule has 0 radical (unpaired) electrons. The van der Waals surface area contributed by atoms with Crippen LogP contribution in [-0.4, -0.2) is 61.8 Å². The molecular formula is C14H26ClN3O2. The first kappa shape index (κ1) is 16.0. The highest BCUT2D eigenvalue weighted by Crippen LogP contribution is 2.20. The molecule has 0 aromatic heterocycles. The number of ether oxygens (including phenoxy) is 1. The Labute approximate surface area is 127 Å². The van der Waals surface area contributed by atoms with Crippen molar-refractivity contribution in [3.8, 4) is 0 Å². The van der Waals surface area contributed by atoms with Crippen molar-refractivity contribution in [1.29, 1.82) is 0 Å². The zero-order valence-corrected chi connectivity index (χ0v) is 12.8. The average molecular weight is 304 g/mol. The molecule has 0 aliphatic carbocycles. The summed E-state index contributed by atoms with van der Waals surface area (Å²) in [6.07, 6.45) is 6.20. The predicted molar refractivity (Wildman–Crippen MR) is 80.2 cm³/mol. The van der Waals surface area contributed by atoms with Crippen molar-refractivity contribution in [3.63, 3.8) is 0 Å². The Bertz CT molecular complexity index is 324. The number of nitrogens with one attached hydrogen (secondary N) is 2. The van der Waals surface area contributed by atoms with Crippen molar-refractivity contribution in [1.82, 2.24) is 15.5 Å². The van der Waals surface area contributed by atoms with Crippen LogP contribution in [0.5, 0.6) is 0 Å². The highest BCUT2D eigenvalue weighted by atomic mass is 35.5. The predicted octanol–water partition coefficient (Wildman–Crippen LogP) is 0.530. The molecule has 2 N–H and O–H groups in total. The first-order valence-corrected chi connectivity index (χ1v) is 7.66. The fourth-order valence-electron chi connectivity index (χ4n) is 3.45. The van der Waals surface area contributed by atoms with Gasteiger partial charge in [-0.2, -0.15) is 0 Å². The molecule has 0 aromatic carbocycles. The second kappa shape index (κ2) is 7.59. The highest BCUT2D eigenvalue weighted by molar-refractivity contribution is 5.85. The summed E-state index contributed by atoms with van der Waals surface area (Å²) in [6, 6.07) is 1.28. The summed E-state index contributed by atoms with van der Waals surface area (Å²) >= 11 is 0. The smallest absolute Gasteiger partial charge is 0.234 e. The Morgan fingerprint density at radius 2 is 2.10 bits per heavy atom. The highest BCUT2D eigenvalue weighted by Gasteiger charge is 2.29. The summed E-state index contributed by atoms with van der Waals surface area (Å²) in [6.45, 7) is 4.13. The fourth-order valence-corrected chi connectivity index (χ4v) is 3.45. The van der Waals surface area contributed by atoms with Crippen molar-refractivity contribution in [2.24, 2.45) is 0 Å². The van der Waals surface area contributed by atoms with Gasteiger partial charge in [-0.05, 0) is 32.1 Å². The lowest BCUT2D eigenvalue weighted by Gasteiger charge is -2.23. The number of carbonyl (C=O) groups excluding carboxylic acids is 1. The van der Waals surface area contributed by atoms with Crippen LogP contribution < -0.4 is 10.6 Å². The maximum absolute atomic E-state index is 12.0. The summed E-state index contributed by atoms with van der Waals surface area (Å²) in [5, 5.41) is 6.65. The third-order valence-electron chi connectivity index (χ3n) is 4.53. The molecule has 0 spiro atoms. The Morgan fingerprint density at radius 1 is 1.25 bits per heavy atom. The number of amides is 1. The minimum atomic E-state index is 0. The van der Waals surface area contributed by atoms with Crippen molar-refractivity contribution in [3.05, 3.63) is 0 Å². The van der Waals surface area contributed by atoms with Gasteiger partial charge in [0.1, 0.15) is 0 Å². The fraction of sp³-hybridized carbons (Fsp3) is 0.929. The van der Waals surface area contributed by atoms with E-state index in [2.05, 4.69) is 15.5 Å². The van der Waals surface area contributed by atoms with Gasteiger partial charge in [0.05, 0.1) is 12.6 Å². The number of likely N-dealkylation sites (tertiary alicyclic amines) is 1. The van der Waals surface area contributed by atoms with E-state index in [-0.39, 0.29) is 24.4 Å². The molecule has 1 amide bonds. The Hall–Kier alpha value is -0.360. The lowest BCUT2D eigenvalue weighted by atomic mass is 10.1. The summed E-state index contributed by atoms with van der Waals surface area (Å²) < 4.78 is 5.52. The van der Waals surface area contributed by atoms with Crippen LogP contribution in [0.4, 0.5) is 0 Å². The first-order chi connectivity index (χ1) is 9.29. The molecule has 3 unspecified atom stereocenters. The molecule has 6 heteroatoms. The Balaban J connectivity index is 0.00000147. The van der Waals surface area contributed by atoms with Gasteiger partial charge in [-0.3, -0.25) is 9.69 Å². The summed E-state index contributed by atoms with van der Waals surface area (Å²) in [5.41, 5.74) is 0. The minimum absolute atomic E-state index is 0. The molecule has 3 aliphatic rings. The zero-order chi connectivity index (χ0) is 13.1. The maximum Gasteiger partial charge on any atom is 0.234 e. The molecule has 20 heavy (non-hydrogen) atoms. The molecule has 116 valence electrons. The molecule has 0 saturated carbocycles. The summed E-state index contributed by atoms with van der Waals surface area (Å²) in [4.78, 5) is 14.3. The van der Waals surface area contributed by atoms with Crippen LogP contribution in [0.25, 0.3) is 0 Å². The van der Waals surface area contributed by atoms with E-state index in [1.54, 1.807) is 0 Å². The van der Waals surface area contributed by atoms with E-state index in [9.17, 15) is 4.79 Å². The molecule has 5 nitrogen and oxygen atoms in total. The molecule has 3 atom stereocenters. The minimum Gasteiger partial charge on any atom is -0.376 e. The van der Waals surface area contributed by atoms with E-state index in [1.807, 2.05) is 0 Å². The van der Waals surface area contributed by atoms with Gasteiger partial charge in [0.25, 0.3) is 0 Å². The van der Waals surface area contributed by atoms with Crippen LogP contribution in [0.2, 0.25) is 0 Å². The lowest BCUT2D eigenvalue weighted by Crippen LogP contribution is -2.43. The number of halogens is 1. The summed E-state index contributed by atoms with van der Waals surface area (Å²) in [7, 11) is 0. The van der Waals surface area contributed by atoms with E-state index in [0.29, 0.717) is 25.2 Å². The molecular weight excluding hydrogens is 278 g/mol. The average Bonchev–Trinajstić information content (AvgIpc) is 2.99. The van der Waals surface area contributed by atoms with Crippen LogP contribution in [0, 0.1) is 0 Å². The standard InChI is InChI=1S/C14H25N3O2.ClH/c18-14(15-8-13-2-1-7-19-13)10-17-6-5-11-3-4-12(9-17)16-11;/h11-13,16H,1-10H2,(H,15,18);1H. The van der Waals surface area contributed by atoms with Gasteiger partial charge < -0.3 is 15.4 Å². The number of fused-ring (bicyclic) bond motifs is 2. The number of hydrogen-bond acceptors (Lipinski definition) is 4. The monoisotopic (exact) mass is 303 g/mol. The molecule has 3 aliphatic heterocycles. The first-order valence-electron chi connectivity index (χ1n) is 7.66. The largest absolute Gasteiger partial charge is 0.376 e. The second-order valence-electron chi connectivity index (χ2n) is 6.10. The van der Waals surface area contributed by atoms with E-state index >= 15 is 0 Å². The van der Waals surface area contributed by atoms with Gasteiger partial charge in [-0.25, -0.2) is 0 Å². The van der Waals surface area contributed by atoms with Crippen molar-refractivity contribution in [2.75, 3.05) is 32.8 Å². The van der Waals surface area contributed by atoms with Crippen LogP contribution in [0.1, 0.15) is 32.1 Å². The lowest BCUT2D eigenvalue weighted by molar-refractivity contribution is -0.122. The number of carbonyl (C=O) groups is 1. The van der Waals surface area contributed by atoms with E-state index in [1.165, 1.54) is 19.3 Å². The molecule has 0 aromatic rings. The molecule has 3 saturated heterocycles. The molecule has 3 heterocycles. The van der Waals surface area contributed by atoms with Crippen LogP contribution in [-0.2, 0) is 9.53 Å². The Morgan fingerprint density at radius 3 is 2.90 bits per heavy atom. The third-order valence-corrected chi connectivity index (χ3v) is 4.53. The summed E-state index contributed by atoms with van der Waals surface area (Å²) in [5.74, 6) is 0.147. The second-order valence-corrected chi connectivity index (χ2v) is 6.10. The van der Waals surface area contributed by atoms with E-state index < -0.39 is 0 Å². The number of nitrogens with zero attached hydrogens (tertiary/aromatic N) is 1. The van der Waals surface area contributed by atoms with E-state index in [0.717, 1.165) is 32.5 Å². The van der Waals surface area contributed by atoms with Crippen LogP contribution in [0.3, 0.4) is 0 Å². The molecule has 2 bridgehead atoms. The van der Waals surface area contributed by atoms with Crippen molar-refractivity contribution < 1.29 is 9.53 Å². The SMILES string of the molecule is Cl.O=C(CN1CCC2CCC(C1)N2)NCC1CCCO1. The normalized spacial score (nSPS) is 33.5. The van der Waals surface area contributed by atoms with Crippen LogP contribution in [0.15, 0.2) is 0 Å². The van der Waals surface area contributed by atoms with E-state index in [4.69, 9.17) is 4.74 Å². The van der Waals surface area contributed by atoms with Gasteiger partial charge in [0, 0.05) is 38.3 Å². The maximum atomic E-state index is 12.0. The zero-order valence-electron chi connectivity index (χ0n) is 12.0.